The van der Waals surface area contributed by atoms with E-state index in [0.29, 0.717) is 5.95 Å². The molecule has 0 saturated heterocycles. The number of anilines is 3. The van der Waals surface area contributed by atoms with Crippen molar-refractivity contribution in [3.63, 3.8) is 0 Å². The van der Waals surface area contributed by atoms with Gasteiger partial charge in [-0.3, -0.25) is 13.7 Å². The van der Waals surface area contributed by atoms with Gasteiger partial charge in [-0.15, -0.1) is 0 Å². The fourth-order valence-corrected chi connectivity index (χ4v) is 14.4. The SMILES string of the molecule is c1ccc(N(c2ccccc2)c2ccc3c(c2)c2ccccc2n3-c2nc(-n3c4ccccc4c4cc(-c5ccc6oc7ccccc7c6c5)ccc43)cc(-n3c4ccccc4c4cc(-c5ccc6c(c5)c5ccccc5n6-c5ccccc5)ccc43)n2)cc1. The van der Waals surface area contributed by atoms with E-state index in [-0.39, 0.29) is 0 Å². The molecule has 0 fully saturated rings. The number of aromatic nitrogens is 6. The molecule has 0 aliphatic carbocycles. The van der Waals surface area contributed by atoms with Crippen LogP contribution in [0.15, 0.2) is 314 Å². The van der Waals surface area contributed by atoms with E-state index in [1.54, 1.807) is 0 Å². The largest absolute Gasteiger partial charge is 0.456 e. The zero-order valence-electron chi connectivity index (χ0n) is 48.5. The zero-order chi connectivity index (χ0) is 59.0. The first-order valence-corrected chi connectivity index (χ1v) is 30.5. The Kier molecular flexibility index (Phi) is 10.9. The molecule has 0 bridgehead atoms. The molecular formula is C82H51N7O. The number of hydrogen-bond acceptors (Lipinski definition) is 4. The minimum absolute atomic E-state index is 0.554. The molecule has 0 atom stereocenters. The Balaban J connectivity index is 0.835. The van der Waals surface area contributed by atoms with Crippen LogP contribution in [0.1, 0.15) is 0 Å². The topological polar surface area (TPSA) is 61.9 Å². The second-order valence-corrected chi connectivity index (χ2v) is 23.3. The summed E-state index contributed by atoms with van der Waals surface area (Å²) in [4.78, 5) is 13.9. The summed E-state index contributed by atoms with van der Waals surface area (Å²) in [7, 11) is 0. The van der Waals surface area contributed by atoms with Crippen LogP contribution in [-0.2, 0) is 0 Å². The number of fused-ring (bicyclic) bond motifs is 15. The first-order valence-electron chi connectivity index (χ1n) is 30.5. The molecule has 8 nitrogen and oxygen atoms in total. The van der Waals surface area contributed by atoms with Gasteiger partial charge >= 0.3 is 0 Å². The Morgan fingerprint density at radius 2 is 0.589 bits per heavy atom. The van der Waals surface area contributed by atoms with Crippen LogP contribution in [-0.4, -0.2) is 28.2 Å². The summed E-state index contributed by atoms with van der Waals surface area (Å²) >= 11 is 0. The molecule has 0 saturated carbocycles. The van der Waals surface area contributed by atoms with Crippen LogP contribution in [0.2, 0.25) is 0 Å². The van der Waals surface area contributed by atoms with Gasteiger partial charge in [0, 0.05) is 82.7 Å². The van der Waals surface area contributed by atoms with Crippen LogP contribution < -0.4 is 4.90 Å². The van der Waals surface area contributed by atoms with Gasteiger partial charge in [-0.05, 0) is 156 Å². The molecule has 0 radical (unpaired) electrons. The van der Waals surface area contributed by atoms with Gasteiger partial charge in [0.2, 0.25) is 5.95 Å². The monoisotopic (exact) mass is 1150 g/mol. The molecule has 6 aromatic heterocycles. The summed E-state index contributed by atoms with van der Waals surface area (Å²) in [6.07, 6.45) is 0. The predicted octanol–water partition coefficient (Wildman–Crippen LogP) is 21.6. The van der Waals surface area contributed by atoms with Gasteiger partial charge in [0.15, 0.2) is 0 Å². The van der Waals surface area contributed by atoms with Crippen molar-refractivity contribution in [1.82, 2.24) is 28.2 Å². The Labute approximate surface area is 515 Å². The maximum absolute atomic E-state index is 6.28. The lowest BCUT2D eigenvalue weighted by Gasteiger charge is -2.25. The van der Waals surface area contributed by atoms with Crippen LogP contribution in [0.25, 0.3) is 155 Å². The number of nitrogens with zero attached hydrogens (tertiary/aromatic N) is 7. The summed E-state index contributed by atoms with van der Waals surface area (Å²) in [6, 6.07) is 111. The smallest absolute Gasteiger partial charge is 0.238 e. The summed E-state index contributed by atoms with van der Waals surface area (Å²) < 4.78 is 15.6. The maximum atomic E-state index is 6.28. The van der Waals surface area contributed by atoms with Crippen LogP contribution in [0.4, 0.5) is 17.1 Å². The van der Waals surface area contributed by atoms with E-state index in [0.717, 1.165) is 144 Å². The number of rotatable bonds is 9. The highest BCUT2D eigenvalue weighted by atomic mass is 16.3. The van der Waals surface area contributed by atoms with Crippen molar-refractivity contribution in [3.8, 4) is 45.5 Å². The minimum Gasteiger partial charge on any atom is -0.456 e. The Morgan fingerprint density at radius 3 is 1.11 bits per heavy atom. The molecule has 13 aromatic carbocycles. The van der Waals surface area contributed by atoms with Crippen LogP contribution in [0, 0.1) is 0 Å². The number of hydrogen-bond donors (Lipinski definition) is 0. The summed E-state index contributed by atoms with van der Waals surface area (Å²) in [5.74, 6) is 2.04. The van der Waals surface area contributed by atoms with Crippen molar-refractivity contribution in [3.05, 3.63) is 309 Å². The van der Waals surface area contributed by atoms with Gasteiger partial charge in [0.05, 0.1) is 44.1 Å². The van der Waals surface area contributed by atoms with E-state index >= 15 is 0 Å². The number of benzene rings is 13. The van der Waals surface area contributed by atoms with Gasteiger partial charge in [-0.1, -0.05) is 170 Å². The van der Waals surface area contributed by atoms with Gasteiger partial charge in [0.25, 0.3) is 0 Å². The van der Waals surface area contributed by atoms with E-state index in [1.807, 2.05) is 12.1 Å². The van der Waals surface area contributed by atoms with Gasteiger partial charge in [-0.2, -0.15) is 9.97 Å². The molecule has 8 heteroatoms. The van der Waals surface area contributed by atoms with Crippen molar-refractivity contribution in [1.29, 1.82) is 0 Å². The lowest BCUT2D eigenvalue weighted by Crippen LogP contribution is -2.10. The van der Waals surface area contributed by atoms with Gasteiger partial charge in [0.1, 0.15) is 22.8 Å². The Morgan fingerprint density at radius 1 is 0.233 bits per heavy atom. The number of para-hydroxylation sites is 8. The van der Waals surface area contributed by atoms with Gasteiger partial charge in [-0.25, -0.2) is 0 Å². The Hall–Kier alpha value is -12.3. The highest BCUT2D eigenvalue weighted by Gasteiger charge is 2.24. The normalized spacial score (nSPS) is 12.0. The minimum atomic E-state index is 0.554. The fraction of sp³-hybridized carbons (Fsp3) is 0. The molecule has 0 amide bonds. The van der Waals surface area contributed by atoms with Crippen LogP contribution >= 0.6 is 0 Å². The average Bonchev–Trinajstić information content (AvgIpc) is 1.85. The zero-order valence-corrected chi connectivity index (χ0v) is 48.5. The molecule has 0 spiro atoms. The lowest BCUT2D eigenvalue weighted by molar-refractivity contribution is 0.669. The van der Waals surface area contributed by atoms with Crippen molar-refractivity contribution in [2.24, 2.45) is 0 Å². The predicted molar refractivity (Wildman–Crippen MR) is 372 cm³/mol. The summed E-state index contributed by atoms with van der Waals surface area (Å²) in [5.41, 5.74) is 19.2. The Bertz CT molecular complexity index is 6070. The third kappa shape index (κ3) is 7.61. The van der Waals surface area contributed by atoms with Crippen molar-refractivity contribution < 1.29 is 4.42 Å². The van der Waals surface area contributed by atoms with E-state index in [2.05, 4.69) is 320 Å². The molecule has 0 N–H and O–H groups in total. The molecule has 0 aliphatic heterocycles. The first kappa shape index (κ1) is 49.9. The molecule has 19 rings (SSSR count). The highest BCUT2D eigenvalue weighted by Crippen LogP contribution is 2.44. The first-order chi connectivity index (χ1) is 44.6. The molecule has 90 heavy (non-hydrogen) atoms. The third-order valence-electron chi connectivity index (χ3n) is 18.4. The number of furan rings is 1. The molecular weight excluding hydrogens is 1100 g/mol. The molecule has 0 unspecified atom stereocenters. The lowest BCUT2D eigenvalue weighted by atomic mass is 10.0. The average molecular weight is 1150 g/mol. The summed E-state index contributed by atoms with van der Waals surface area (Å²) in [5, 5.41) is 11.4. The van der Waals surface area contributed by atoms with E-state index in [1.165, 1.54) is 21.8 Å². The maximum Gasteiger partial charge on any atom is 0.238 e. The van der Waals surface area contributed by atoms with E-state index in [4.69, 9.17) is 14.4 Å². The standard InChI is InChI=1S/C82H51N7O/c1-4-20-56(21-5-1)85(57-22-6-2-7-23-57)59-40-44-77-68(50-59)63-29-13-18-34-73(63)89(77)82-83-80(51-81(84-82)88-72-33-17-12-28-62(72)67-48-54(38-43-76(67)88)55-39-45-79-69(49-55)64-30-14-19-35-78(64)90-79)87-71-32-16-11-27-61(71)66-47-53(37-42-75(66)87)52-36-41-74-65(46-52)60-26-10-15-31-70(60)86(74)58-24-8-3-9-25-58/h1-51H. The third-order valence-corrected chi connectivity index (χ3v) is 18.4. The quantitative estimate of drug-likeness (QED) is 0.144. The highest BCUT2D eigenvalue weighted by molar-refractivity contribution is 6.15. The van der Waals surface area contributed by atoms with Crippen LogP contribution in [0.3, 0.4) is 0 Å². The summed E-state index contributed by atoms with van der Waals surface area (Å²) in [6.45, 7) is 0. The van der Waals surface area contributed by atoms with Crippen LogP contribution in [0.5, 0.6) is 0 Å². The second kappa shape index (κ2) is 19.6. The molecule has 0 aliphatic rings. The molecule has 19 aromatic rings. The molecule has 6 heterocycles. The fourth-order valence-electron chi connectivity index (χ4n) is 14.4. The second-order valence-electron chi connectivity index (χ2n) is 23.3. The van der Waals surface area contributed by atoms with Gasteiger partial charge < -0.3 is 13.9 Å². The van der Waals surface area contributed by atoms with Crippen molar-refractivity contribution in [2.75, 3.05) is 4.90 Å². The van der Waals surface area contributed by atoms with E-state index in [9.17, 15) is 0 Å². The molecule has 420 valence electrons. The van der Waals surface area contributed by atoms with Crippen molar-refractivity contribution >= 4 is 126 Å². The van der Waals surface area contributed by atoms with Crippen molar-refractivity contribution in [2.45, 2.75) is 0 Å². The van der Waals surface area contributed by atoms with E-state index < -0.39 is 0 Å².